The van der Waals surface area contributed by atoms with Crippen LogP contribution in [0.3, 0.4) is 0 Å². The molecule has 1 aromatic heterocycles. The summed E-state index contributed by atoms with van der Waals surface area (Å²) in [4.78, 5) is 4.92. The smallest absolute Gasteiger partial charge is 0.0559 e. The van der Waals surface area contributed by atoms with E-state index in [1.165, 1.54) is 92.5 Å². The van der Waals surface area contributed by atoms with Gasteiger partial charge < -0.3 is 9.80 Å². The molecule has 1 heterocycles. The molecule has 2 aliphatic carbocycles. The van der Waals surface area contributed by atoms with Gasteiger partial charge in [0.2, 0.25) is 0 Å². The predicted molar refractivity (Wildman–Crippen MR) is 275 cm³/mol. The number of thiophene rings is 1. The number of benzene rings is 9. The van der Waals surface area contributed by atoms with Crippen LogP contribution in [0.15, 0.2) is 224 Å². The average Bonchev–Trinajstić information content (AvgIpc) is 3.86. The van der Waals surface area contributed by atoms with Crippen LogP contribution in [0.4, 0.5) is 28.4 Å². The Morgan fingerprint density at radius 3 is 1.95 bits per heavy atom. The Labute approximate surface area is 379 Å². The fraction of sp³-hybridized carbons (Fsp3) is 0.0820. The molecule has 0 N–H and O–H groups in total. The summed E-state index contributed by atoms with van der Waals surface area (Å²) < 4.78 is 2.64. The summed E-state index contributed by atoms with van der Waals surface area (Å²) in [5.74, 6) is 0. The third-order valence-corrected chi connectivity index (χ3v) is 14.8. The molecule has 2 aliphatic rings. The van der Waals surface area contributed by atoms with E-state index < -0.39 is 0 Å². The molecule has 0 aliphatic heterocycles. The molecule has 0 saturated heterocycles. The highest BCUT2D eigenvalue weighted by Gasteiger charge is 2.37. The normalized spacial score (nSPS) is 14.8. The molecule has 1 unspecified atom stereocenters. The van der Waals surface area contributed by atoms with Crippen molar-refractivity contribution in [2.45, 2.75) is 31.7 Å². The van der Waals surface area contributed by atoms with E-state index in [2.05, 4.69) is 248 Å². The van der Waals surface area contributed by atoms with Crippen molar-refractivity contribution in [3.05, 3.63) is 236 Å². The van der Waals surface area contributed by atoms with E-state index in [1.54, 1.807) is 0 Å². The lowest BCUT2D eigenvalue weighted by Crippen LogP contribution is -2.29. The first-order chi connectivity index (χ1) is 31.5. The van der Waals surface area contributed by atoms with Crippen LogP contribution in [0.1, 0.15) is 31.4 Å². The Kier molecular flexibility index (Phi) is 9.21. The van der Waals surface area contributed by atoms with Crippen LogP contribution < -0.4 is 9.80 Å². The summed E-state index contributed by atoms with van der Waals surface area (Å²) in [5.41, 5.74) is 16.0. The zero-order valence-corrected chi connectivity index (χ0v) is 36.8. The van der Waals surface area contributed by atoms with Crippen molar-refractivity contribution in [2.75, 3.05) is 9.80 Å². The number of anilines is 5. The van der Waals surface area contributed by atoms with Crippen LogP contribution in [0, 0.1) is 0 Å². The SMILES string of the molecule is CC1(C)c2ccccc2-c2c(N(c3ccccc3)c3cccc(-c4cc5ccccc5c5sc6c(-c7ccc(N(c8ccccc8)C8C=CC=CC8)cc7)cccc6c45)c3)cccc21. The van der Waals surface area contributed by atoms with Gasteiger partial charge in [-0.3, -0.25) is 0 Å². The van der Waals surface area contributed by atoms with Gasteiger partial charge in [-0.25, -0.2) is 0 Å². The number of hydrogen-bond donors (Lipinski definition) is 0. The van der Waals surface area contributed by atoms with Crippen LogP contribution in [-0.2, 0) is 5.41 Å². The summed E-state index contributed by atoms with van der Waals surface area (Å²) in [6.07, 6.45) is 9.86. The molecule has 0 saturated carbocycles. The highest BCUT2D eigenvalue weighted by molar-refractivity contribution is 7.27. The molecule has 0 radical (unpaired) electrons. The molecule has 0 bridgehead atoms. The summed E-state index contributed by atoms with van der Waals surface area (Å²) in [6, 6.07) is 74.3. The topological polar surface area (TPSA) is 6.48 Å². The maximum absolute atomic E-state index is 2.46. The van der Waals surface area contributed by atoms with Gasteiger partial charge in [-0.15, -0.1) is 11.3 Å². The van der Waals surface area contributed by atoms with Gasteiger partial charge in [0.25, 0.3) is 0 Å². The standard InChI is InChI=1S/C61H46N2S/c1-61(2)54-32-15-14-29-51(54)58-55(61)33-18-34-56(58)63(46-25-10-5-11-26-46)48-27-16-20-42(39-48)53-40-43-19-12-13-28-50(43)60-57(53)52-31-17-30-49(59(52)64-60)41-35-37-47(38-36-41)62(44-21-6-3-7-22-44)45-23-8-4-9-24-45/h3-23,25-40,45H,24H2,1-2H3. The third kappa shape index (κ3) is 6.22. The quantitative estimate of drug-likeness (QED) is 0.150. The number of hydrogen-bond acceptors (Lipinski definition) is 3. The Morgan fingerprint density at radius 1 is 0.484 bits per heavy atom. The van der Waals surface area contributed by atoms with Gasteiger partial charge in [0.15, 0.2) is 0 Å². The van der Waals surface area contributed by atoms with Gasteiger partial charge >= 0.3 is 0 Å². The van der Waals surface area contributed by atoms with E-state index in [1.807, 2.05) is 11.3 Å². The number of nitrogens with zero attached hydrogens (tertiary/aromatic N) is 2. The van der Waals surface area contributed by atoms with Gasteiger partial charge in [-0.05, 0) is 117 Å². The predicted octanol–water partition coefficient (Wildman–Crippen LogP) is 17.3. The fourth-order valence-electron chi connectivity index (χ4n) is 10.5. The molecular weight excluding hydrogens is 793 g/mol. The molecule has 0 amide bonds. The van der Waals surface area contributed by atoms with Crippen LogP contribution >= 0.6 is 11.3 Å². The molecule has 1 atom stereocenters. The summed E-state index contributed by atoms with van der Waals surface area (Å²) >= 11 is 1.92. The van der Waals surface area contributed by atoms with Crippen molar-refractivity contribution in [3.8, 4) is 33.4 Å². The molecule has 2 nitrogen and oxygen atoms in total. The van der Waals surface area contributed by atoms with E-state index >= 15 is 0 Å². The first-order valence-corrected chi connectivity index (χ1v) is 23.2. The number of para-hydroxylation sites is 2. The molecule has 0 fully saturated rings. The van der Waals surface area contributed by atoms with E-state index in [0.29, 0.717) is 0 Å². The van der Waals surface area contributed by atoms with Gasteiger partial charge in [0.1, 0.15) is 0 Å². The first kappa shape index (κ1) is 38.2. The molecule has 10 aromatic rings. The second kappa shape index (κ2) is 15.4. The minimum Gasteiger partial charge on any atom is -0.334 e. The molecule has 9 aromatic carbocycles. The lowest BCUT2D eigenvalue weighted by molar-refractivity contribution is 0.660. The van der Waals surface area contributed by atoms with E-state index in [-0.39, 0.29) is 11.5 Å². The Morgan fingerprint density at radius 2 is 1.14 bits per heavy atom. The number of fused-ring (bicyclic) bond motifs is 8. The Balaban J connectivity index is 1.01. The fourth-order valence-corrected chi connectivity index (χ4v) is 11.9. The van der Waals surface area contributed by atoms with Crippen molar-refractivity contribution < 1.29 is 0 Å². The van der Waals surface area contributed by atoms with Crippen LogP contribution in [-0.4, -0.2) is 6.04 Å². The van der Waals surface area contributed by atoms with Crippen molar-refractivity contribution in [1.29, 1.82) is 0 Å². The van der Waals surface area contributed by atoms with Crippen LogP contribution in [0.5, 0.6) is 0 Å². The molecule has 306 valence electrons. The zero-order valence-electron chi connectivity index (χ0n) is 35.9. The van der Waals surface area contributed by atoms with Crippen molar-refractivity contribution >= 4 is 70.7 Å². The van der Waals surface area contributed by atoms with Crippen molar-refractivity contribution in [1.82, 2.24) is 0 Å². The van der Waals surface area contributed by atoms with Crippen molar-refractivity contribution in [2.24, 2.45) is 0 Å². The van der Waals surface area contributed by atoms with Crippen molar-refractivity contribution in [3.63, 3.8) is 0 Å². The highest BCUT2D eigenvalue weighted by Crippen LogP contribution is 2.55. The molecular formula is C61H46N2S. The van der Waals surface area contributed by atoms with Crippen LogP contribution in [0.2, 0.25) is 0 Å². The second-order valence-electron chi connectivity index (χ2n) is 17.6. The minimum atomic E-state index is -0.101. The maximum atomic E-state index is 2.46. The zero-order chi connectivity index (χ0) is 42.8. The first-order valence-electron chi connectivity index (χ1n) is 22.4. The lowest BCUT2D eigenvalue weighted by atomic mass is 9.82. The lowest BCUT2D eigenvalue weighted by Gasteiger charge is -2.32. The van der Waals surface area contributed by atoms with Gasteiger partial charge in [0.05, 0.1) is 11.7 Å². The highest BCUT2D eigenvalue weighted by atomic mass is 32.1. The molecule has 64 heavy (non-hydrogen) atoms. The minimum absolute atomic E-state index is 0.101. The van der Waals surface area contributed by atoms with Gasteiger partial charge in [-0.1, -0.05) is 178 Å². The largest absolute Gasteiger partial charge is 0.334 e. The Bertz CT molecular complexity index is 3450. The van der Waals surface area contributed by atoms with E-state index in [0.717, 1.165) is 17.8 Å². The average molecular weight is 839 g/mol. The van der Waals surface area contributed by atoms with Gasteiger partial charge in [0, 0.05) is 53.9 Å². The summed E-state index contributed by atoms with van der Waals surface area (Å²) in [5, 5.41) is 5.14. The monoisotopic (exact) mass is 838 g/mol. The van der Waals surface area contributed by atoms with E-state index in [4.69, 9.17) is 0 Å². The molecule has 0 spiro atoms. The number of allylic oxidation sites excluding steroid dienone is 2. The Hall–Kier alpha value is -7.46. The second-order valence-corrected chi connectivity index (χ2v) is 18.6. The van der Waals surface area contributed by atoms with E-state index in [9.17, 15) is 0 Å². The number of rotatable bonds is 8. The van der Waals surface area contributed by atoms with Crippen LogP contribution in [0.25, 0.3) is 64.3 Å². The summed E-state index contributed by atoms with van der Waals surface area (Å²) in [6.45, 7) is 4.72. The molecule has 3 heteroatoms. The molecule has 12 rings (SSSR count). The van der Waals surface area contributed by atoms with Gasteiger partial charge in [-0.2, -0.15) is 0 Å². The third-order valence-electron chi connectivity index (χ3n) is 13.5. The maximum Gasteiger partial charge on any atom is 0.0559 e. The summed E-state index contributed by atoms with van der Waals surface area (Å²) in [7, 11) is 0.